The lowest BCUT2D eigenvalue weighted by molar-refractivity contribution is -0.113. The summed E-state index contributed by atoms with van der Waals surface area (Å²) in [5, 5.41) is 12.1. The molecule has 1 amide bonds. The number of anilines is 1. The molecule has 5 nitrogen and oxygen atoms in total. The van der Waals surface area contributed by atoms with Gasteiger partial charge in [0.15, 0.2) is 11.0 Å². The Labute approximate surface area is 180 Å². The molecule has 0 aliphatic heterocycles. The summed E-state index contributed by atoms with van der Waals surface area (Å²) in [7, 11) is 0. The Kier molecular flexibility index (Phi) is 6.18. The van der Waals surface area contributed by atoms with E-state index in [1.165, 1.54) is 35.4 Å². The molecular formula is C23H25FN4OS. The number of aromatic nitrogens is 3. The molecule has 0 radical (unpaired) electrons. The van der Waals surface area contributed by atoms with E-state index in [0.717, 1.165) is 18.5 Å². The highest BCUT2D eigenvalue weighted by atomic mass is 32.2. The van der Waals surface area contributed by atoms with E-state index in [1.807, 2.05) is 10.6 Å². The molecule has 1 aromatic heterocycles. The number of fused-ring (bicyclic) bond motifs is 1. The molecule has 156 valence electrons. The summed E-state index contributed by atoms with van der Waals surface area (Å²) in [6.07, 6.45) is 3.37. The van der Waals surface area contributed by atoms with Crippen LogP contribution >= 0.6 is 11.8 Å². The number of benzene rings is 2. The van der Waals surface area contributed by atoms with Gasteiger partial charge < -0.3 is 9.88 Å². The summed E-state index contributed by atoms with van der Waals surface area (Å²) in [6.45, 7) is 4.81. The van der Waals surface area contributed by atoms with Gasteiger partial charge in [-0.2, -0.15) is 0 Å². The molecule has 0 unspecified atom stereocenters. The predicted octanol–water partition coefficient (Wildman–Crippen LogP) is 4.96. The van der Waals surface area contributed by atoms with Crippen molar-refractivity contribution in [3.63, 3.8) is 0 Å². The molecule has 0 saturated heterocycles. The maximum absolute atomic E-state index is 14.3. The van der Waals surface area contributed by atoms with Crippen molar-refractivity contribution in [3.8, 4) is 11.4 Å². The Morgan fingerprint density at radius 3 is 2.77 bits per heavy atom. The number of amides is 1. The van der Waals surface area contributed by atoms with Gasteiger partial charge in [0.1, 0.15) is 5.82 Å². The standard InChI is InChI=1S/C23H25FN4OS/c1-15(2)13-28-22(19-8-3-4-9-20(19)24)26-27-23(28)30-14-21(29)25-18-11-10-16-6-5-7-17(16)12-18/h3-4,8-12,15H,5-7,13-14H2,1-2H3,(H,25,29). The van der Waals surface area contributed by atoms with Crippen LogP contribution in [0.25, 0.3) is 11.4 Å². The number of carbonyl (C=O) groups excluding carboxylic acids is 1. The smallest absolute Gasteiger partial charge is 0.234 e. The highest BCUT2D eigenvalue weighted by Crippen LogP contribution is 2.28. The van der Waals surface area contributed by atoms with Gasteiger partial charge in [-0.05, 0) is 60.6 Å². The van der Waals surface area contributed by atoms with Crippen molar-refractivity contribution in [1.29, 1.82) is 0 Å². The minimum absolute atomic E-state index is 0.0931. The van der Waals surface area contributed by atoms with Crippen molar-refractivity contribution in [2.75, 3.05) is 11.1 Å². The van der Waals surface area contributed by atoms with Crippen molar-refractivity contribution < 1.29 is 9.18 Å². The van der Waals surface area contributed by atoms with Gasteiger partial charge in [0, 0.05) is 12.2 Å². The van der Waals surface area contributed by atoms with Crippen LogP contribution in [0, 0.1) is 11.7 Å². The van der Waals surface area contributed by atoms with E-state index in [1.54, 1.807) is 18.2 Å². The third-order valence-electron chi connectivity index (χ3n) is 5.09. The van der Waals surface area contributed by atoms with Crippen molar-refractivity contribution >= 4 is 23.4 Å². The molecule has 4 rings (SSSR count). The van der Waals surface area contributed by atoms with Crippen LogP contribution in [0.2, 0.25) is 0 Å². The van der Waals surface area contributed by atoms with E-state index in [4.69, 9.17) is 0 Å². The third-order valence-corrected chi connectivity index (χ3v) is 6.06. The summed E-state index contributed by atoms with van der Waals surface area (Å²) < 4.78 is 16.2. The van der Waals surface area contributed by atoms with Gasteiger partial charge in [0.25, 0.3) is 0 Å². The van der Waals surface area contributed by atoms with Crippen LogP contribution in [0.15, 0.2) is 47.6 Å². The summed E-state index contributed by atoms with van der Waals surface area (Å²) >= 11 is 1.32. The minimum Gasteiger partial charge on any atom is -0.325 e. The van der Waals surface area contributed by atoms with Crippen LogP contribution in [0.4, 0.5) is 10.1 Å². The first-order valence-electron chi connectivity index (χ1n) is 10.2. The SMILES string of the molecule is CC(C)Cn1c(SCC(=O)Nc2ccc3c(c2)CCC3)nnc1-c1ccccc1F. The first-order valence-corrected chi connectivity index (χ1v) is 11.2. The minimum atomic E-state index is -0.333. The average Bonchev–Trinajstić information content (AvgIpc) is 3.33. The monoisotopic (exact) mass is 424 g/mol. The second-order valence-corrected chi connectivity index (χ2v) is 8.91. The Hall–Kier alpha value is -2.67. The van der Waals surface area contributed by atoms with E-state index < -0.39 is 0 Å². The number of carbonyl (C=O) groups is 1. The van der Waals surface area contributed by atoms with Crippen molar-refractivity contribution in [1.82, 2.24) is 14.8 Å². The topological polar surface area (TPSA) is 59.8 Å². The number of rotatable bonds is 7. The lowest BCUT2D eigenvalue weighted by Gasteiger charge is -2.13. The first kappa shape index (κ1) is 20.6. The van der Waals surface area contributed by atoms with E-state index in [2.05, 4.69) is 41.5 Å². The van der Waals surface area contributed by atoms with Crippen LogP contribution in [0.1, 0.15) is 31.4 Å². The number of hydrogen-bond donors (Lipinski definition) is 1. The van der Waals surface area contributed by atoms with Crippen LogP contribution in [0.5, 0.6) is 0 Å². The number of nitrogens with zero attached hydrogens (tertiary/aromatic N) is 3. The van der Waals surface area contributed by atoms with Crippen LogP contribution in [0.3, 0.4) is 0 Å². The molecule has 0 spiro atoms. The fraction of sp³-hybridized carbons (Fsp3) is 0.348. The molecule has 0 atom stereocenters. The lowest BCUT2D eigenvalue weighted by atomic mass is 10.1. The second-order valence-electron chi connectivity index (χ2n) is 7.96. The Bertz CT molecular complexity index is 1060. The fourth-order valence-corrected chi connectivity index (χ4v) is 4.49. The van der Waals surface area contributed by atoms with Crippen molar-refractivity contribution in [2.45, 2.75) is 44.8 Å². The van der Waals surface area contributed by atoms with E-state index in [0.29, 0.717) is 29.0 Å². The Morgan fingerprint density at radius 1 is 1.17 bits per heavy atom. The van der Waals surface area contributed by atoms with E-state index >= 15 is 0 Å². The molecule has 1 aliphatic carbocycles. The molecule has 1 aliphatic rings. The summed E-state index contributed by atoms with van der Waals surface area (Å²) in [5.41, 5.74) is 3.95. The second kappa shape index (κ2) is 9.00. The molecule has 0 bridgehead atoms. The number of nitrogens with one attached hydrogen (secondary N) is 1. The quantitative estimate of drug-likeness (QED) is 0.545. The third kappa shape index (κ3) is 4.56. The number of halogens is 1. The maximum Gasteiger partial charge on any atom is 0.234 e. The zero-order valence-electron chi connectivity index (χ0n) is 17.2. The van der Waals surface area contributed by atoms with Crippen LogP contribution in [-0.2, 0) is 24.2 Å². The molecule has 1 heterocycles. The van der Waals surface area contributed by atoms with Gasteiger partial charge in [-0.25, -0.2) is 4.39 Å². The highest BCUT2D eigenvalue weighted by molar-refractivity contribution is 7.99. The van der Waals surface area contributed by atoms with Gasteiger partial charge in [0.05, 0.1) is 11.3 Å². The van der Waals surface area contributed by atoms with E-state index in [9.17, 15) is 9.18 Å². The zero-order chi connectivity index (χ0) is 21.1. The van der Waals surface area contributed by atoms with E-state index in [-0.39, 0.29) is 17.5 Å². The van der Waals surface area contributed by atoms with Crippen LogP contribution < -0.4 is 5.32 Å². The number of hydrogen-bond acceptors (Lipinski definition) is 4. The fourth-order valence-electron chi connectivity index (χ4n) is 3.74. The number of aryl methyl sites for hydroxylation is 2. The zero-order valence-corrected chi connectivity index (χ0v) is 18.0. The summed E-state index contributed by atoms with van der Waals surface area (Å²) in [6, 6.07) is 12.7. The van der Waals surface area contributed by atoms with Gasteiger partial charge in [-0.15, -0.1) is 10.2 Å². The van der Waals surface area contributed by atoms with Crippen LogP contribution in [-0.4, -0.2) is 26.4 Å². The molecule has 3 aromatic rings. The van der Waals surface area contributed by atoms with Gasteiger partial charge in [-0.3, -0.25) is 4.79 Å². The maximum atomic E-state index is 14.3. The van der Waals surface area contributed by atoms with Gasteiger partial charge in [-0.1, -0.05) is 43.8 Å². The van der Waals surface area contributed by atoms with Crippen molar-refractivity contribution in [3.05, 3.63) is 59.4 Å². The molecule has 7 heteroatoms. The molecule has 0 saturated carbocycles. The highest BCUT2D eigenvalue weighted by Gasteiger charge is 2.19. The molecule has 30 heavy (non-hydrogen) atoms. The predicted molar refractivity (Wildman–Crippen MR) is 118 cm³/mol. The normalized spacial score (nSPS) is 12.9. The molecule has 2 aromatic carbocycles. The van der Waals surface area contributed by atoms with Crippen molar-refractivity contribution in [2.24, 2.45) is 5.92 Å². The number of thioether (sulfide) groups is 1. The summed E-state index contributed by atoms with van der Waals surface area (Å²) in [5.74, 6) is 0.602. The molecule has 0 fully saturated rings. The first-order chi connectivity index (χ1) is 14.5. The molecular weight excluding hydrogens is 399 g/mol. The average molecular weight is 425 g/mol. The Balaban J connectivity index is 1.47. The largest absolute Gasteiger partial charge is 0.325 e. The summed E-state index contributed by atoms with van der Waals surface area (Å²) in [4.78, 5) is 12.5. The van der Waals surface area contributed by atoms with Gasteiger partial charge in [0.2, 0.25) is 5.91 Å². The molecule has 1 N–H and O–H groups in total. The lowest BCUT2D eigenvalue weighted by Crippen LogP contribution is -2.15. The Morgan fingerprint density at radius 2 is 1.97 bits per heavy atom. The van der Waals surface area contributed by atoms with Gasteiger partial charge >= 0.3 is 0 Å².